The topological polar surface area (TPSA) is 94.6 Å². The zero-order valence-corrected chi connectivity index (χ0v) is 14.2. The van der Waals surface area contributed by atoms with Gasteiger partial charge in [-0.2, -0.15) is 0 Å². The number of fused-ring (bicyclic) bond motifs is 1. The number of carbonyl (C=O) groups excluding carboxylic acids is 2. The molecule has 0 aliphatic carbocycles. The molecule has 3 rings (SSSR count). The molecule has 1 aromatic heterocycles. The summed E-state index contributed by atoms with van der Waals surface area (Å²) in [5.41, 5.74) is 5.95. The summed E-state index contributed by atoms with van der Waals surface area (Å²) in [7, 11) is 0. The van der Waals surface area contributed by atoms with E-state index >= 15 is 0 Å². The molecule has 0 fully saturated rings. The zero-order valence-electron chi connectivity index (χ0n) is 12.7. The van der Waals surface area contributed by atoms with Crippen molar-refractivity contribution in [3.8, 4) is 5.75 Å². The lowest BCUT2D eigenvalue weighted by molar-refractivity contribution is -0.118. The Morgan fingerprint density at radius 1 is 1.16 bits per heavy atom. The second-order valence-electron chi connectivity index (χ2n) is 5.08. The fraction of sp³-hybridized carbons (Fsp3) is 0.0588. The number of nitrogens with one attached hydrogen (secondary N) is 1. The van der Waals surface area contributed by atoms with Crippen LogP contribution in [-0.2, 0) is 4.79 Å². The summed E-state index contributed by atoms with van der Waals surface area (Å²) in [5, 5.41) is 3.89. The van der Waals surface area contributed by atoms with Crippen molar-refractivity contribution in [1.29, 1.82) is 0 Å². The first-order valence-corrected chi connectivity index (χ1v) is 7.90. The molecule has 0 radical (unpaired) electrons. The Balaban J connectivity index is 1.78. The van der Waals surface area contributed by atoms with Gasteiger partial charge in [0.25, 0.3) is 11.8 Å². The van der Waals surface area contributed by atoms with Crippen molar-refractivity contribution in [1.82, 2.24) is 0 Å². The smallest absolute Gasteiger partial charge is 0.286 e. The first-order valence-electron chi connectivity index (χ1n) is 7.14. The Hall–Kier alpha value is -2.70. The summed E-state index contributed by atoms with van der Waals surface area (Å²) in [5.74, 6) is -1.10. The van der Waals surface area contributed by atoms with E-state index in [0.717, 1.165) is 0 Å². The summed E-state index contributed by atoms with van der Waals surface area (Å²) in [6.07, 6.45) is 0. The molecule has 0 saturated heterocycles. The molecule has 3 N–H and O–H groups in total. The summed E-state index contributed by atoms with van der Waals surface area (Å²) in [4.78, 5) is 23.7. The van der Waals surface area contributed by atoms with Gasteiger partial charge in [-0.15, -0.1) is 0 Å². The van der Waals surface area contributed by atoms with E-state index in [2.05, 4.69) is 5.32 Å². The minimum absolute atomic E-state index is 0.126. The number of amides is 2. The van der Waals surface area contributed by atoms with Crippen LogP contribution in [0.25, 0.3) is 11.0 Å². The van der Waals surface area contributed by atoms with E-state index in [9.17, 15) is 9.59 Å². The van der Waals surface area contributed by atoms with Crippen molar-refractivity contribution in [2.45, 2.75) is 0 Å². The maximum Gasteiger partial charge on any atom is 0.286 e. The second-order valence-corrected chi connectivity index (χ2v) is 5.92. The molecule has 1 heterocycles. The monoisotopic (exact) mass is 378 g/mol. The van der Waals surface area contributed by atoms with Crippen molar-refractivity contribution in [2.75, 3.05) is 11.9 Å². The lowest BCUT2D eigenvalue weighted by Gasteiger charge is -2.09. The maximum atomic E-state index is 12.2. The van der Waals surface area contributed by atoms with Crippen LogP contribution in [0, 0.1) is 0 Å². The molecule has 0 aliphatic heterocycles. The fourth-order valence-corrected chi connectivity index (χ4v) is 2.72. The van der Waals surface area contributed by atoms with Crippen LogP contribution in [0.4, 0.5) is 5.69 Å². The SMILES string of the molecule is NC(=O)c1oc2ccccc2c1NC(=O)COc1ccc(Cl)cc1Cl. The normalized spacial score (nSPS) is 10.6. The van der Waals surface area contributed by atoms with Gasteiger partial charge >= 0.3 is 0 Å². The second kappa shape index (κ2) is 7.04. The van der Waals surface area contributed by atoms with Gasteiger partial charge in [0.1, 0.15) is 17.0 Å². The largest absolute Gasteiger partial charge is 0.482 e. The average molecular weight is 379 g/mol. The van der Waals surface area contributed by atoms with Crippen molar-refractivity contribution < 1.29 is 18.7 Å². The molecule has 2 aromatic carbocycles. The van der Waals surface area contributed by atoms with Crippen LogP contribution in [0.2, 0.25) is 10.0 Å². The molecular weight excluding hydrogens is 367 g/mol. The van der Waals surface area contributed by atoms with Gasteiger partial charge in [-0.1, -0.05) is 35.3 Å². The maximum absolute atomic E-state index is 12.2. The van der Waals surface area contributed by atoms with Crippen LogP contribution < -0.4 is 15.8 Å². The molecule has 0 atom stereocenters. The van der Waals surface area contributed by atoms with Crippen LogP contribution >= 0.6 is 23.2 Å². The van der Waals surface area contributed by atoms with Gasteiger partial charge in [-0.25, -0.2) is 0 Å². The number of hydrogen-bond donors (Lipinski definition) is 2. The standard InChI is InChI=1S/C17H12Cl2N2O4/c18-9-5-6-13(11(19)7-9)24-8-14(22)21-15-10-3-1-2-4-12(10)25-16(15)17(20)23/h1-7H,8H2,(H2,20,23)(H,21,22). The number of furan rings is 1. The van der Waals surface area contributed by atoms with Gasteiger partial charge < -0.3 is 20.2 Å². The Morgan fingerprint density at radius 3 is 2.64 bits per heavy atom. The quantitative estimate of drug-likeness (QED) is 0.704. The highest BCUT2D eigenvalue weighted by Gasteiger charge is 2.20. The van der Waals surface area contributed by atoms with E-state index in [1.165, 1.54) is 6.07 Å². The number of carbonyl (C=O) groups is 2. The molecule has 8 heteroatoms. The number of ether oxygens (including phenoxy) is 1. The van der Waals surface area contributed by atoms with Crippen molar-refractivity contribution >= 4 is 51.7 Å². The molecule has 0 spiro atoms. The lowest BCUT2D eigenvalue weighted by Crippen LogP contribution is -2.22. The van der Waals surface area contributed by atoms with E-state index in [1.807, 2.05) is 0 Å². The van der Waals surface area contributed by atoms with E-state index in [1.54, 1.807) is 36.4 Å². The predicted molar refractivity (Wildman–Crippen MR) is 95.3 cm³/mol. The number of anilines is 1. The molecule has 6 nitrogen and oxygen atoms in total. The molecule has 25 heavy (non-hydrogen) atoms. The van der Waals surface area contributed by atoms with E-state index in [-0.39, 0.29) is 23.1 Å². The number of benzene rings is 2. The molecule has 0 unspecified atom stereocenters. The first-order chi connectivity index (χ1) is 12.0. The highest BCUT2D eigenvalue weighted by molar-refractivity contribution is 6.35. The minimum Gasteiger partial charge on any atom is -0.482 e. The van der Waals surface area contributed by atoms with E-state index in [4.69, 9.17) is 38.1 Å². The number of halogens is 2. The van der Waals surface area contributed by atoms with Crippen molar-refractivity contribution in [2.24, 2.45) is 5.73 Å². The van der Waals surface area contributed by atoms with Crippen molar-refractivity contribution in [3.63, 3.8) is 0 Å². The Labute approximate surface area is 152 Å². The van der Waals surface area contributed by atoms with Crippen LogP contribution in [0.5, 0.6) is 5.75 Å². The number of primary amides is 1. The lowest BCUT2D eigenvalue weighted by atomic mass is 10.2. The third-order valence-corrected chi connectivity index (χ3v) is 3.87. The number of para-hydroxylation sites is 1. The Morgan fingerprint density at radius 2 is 1.92 bits per heavy atom. The van der Waals surface area contributed by atoms with Gasteiger partial charge in [-0.3, -0.25) is 9.59 Å². The first kappa shape index (κ1) is 17.1. The van der Waals surface area contributed by atoms with Crippen LogP contribution in [0.1, 0.15) is 10.6 Å². The summed E-state index contributed by atoms with van der Waals surface area (Å²) < 4.78 is 10.8. The predicted octanol–water partition coefficient (Wildman–Crippen LogP) is 3.86. The number of rotatable bonds is 5. The van der Waals surface area contributed by atoms with Gasteiger partial charge in [-0.05, 0) is 30.3 Å². The summed E-state index contributed by atoms with van der Waals surface area (Å²) in [6, 6.07) is 11.5. The van der Waals surface area contributed by atoms with Gasteiger partial charge in [0.2, 0.25) is 5.76 Å². The highest BCUT2D eigenvalue weighted by atomic mass is 35.5. The molecule has 0 aliphatic rings. The van der Waals surface area contributed by atoms with E-state index < -0.39 is 11.8 Å². The van der Waals surface area contributed by atoms with Gasteiger partial charge in [0.05, 0.1) is 5.02 Å². The van der Waals surface area contributed by atoms with Crippen LogP contribution in [-0.4, -0.2) is 18.4 Å². The number of nitrogens with two attached hydrogens (primary N) is 1. The van der Waals surface area contributed by atoms with E-state index in [0.29, 0.717) is 21.7 Å². The third-order valence-electron chi connectivity index (χ3n) is 3.34. The van der Waals surface area contributed by atoms with Gasteiger partial charge in [0, 0.05) is 10.4 Å². The summed E-state index contributed by atoms with van der Waals surface area (Å²) >= 11 is 11.8. The summed E-state index contributed by atoms with van der Waals surface area (Å²) in [6.45, 7) is -0.320. The molecule has 128 valence electrons. The van der Waals surface area contributed by atoms with Crippen LogP contribution in [0.3, 0.4) is 0 Å². The third kappa shape index (κ3) is 3.70. The fourth-order valence-electron chi connectivity index (χ4n) is 2.25. The zero-order chi connectivity index (χ0) is 18.0. The van der Waals surface area contributed by atoms with Gasteiger partial charge in [0.15, 0.2) is 6.61 Å². The molecule has 0 bridgehead atoms. The molecular formula is C17H12Cl2N2O4. The average Bonchev–Trinajstić information content (AvgIpc) is 2.93. The molecule has 0 saturated carbocycles. The van der Waals surface area contributed by atoms with Crippen molar-refractivity contribution in [3.05, 3.63) is 58.3 Å². The van der Waals surface area contributed by atoms with Crippen LogP contribution in [0.15, 0.2) is 46.9 Å². The minimum atomic E-state index is -0.784. The number of hydrogen-bond acceptors (Lipinski definition) is 4. The Kier molecular flexibility index (Phi) is 4.83. The Bertz CT molecular complexity index is 968. The highest BCUT2D eigenvalue weighted by Crippen LogP contribution is 2.31. The molecule has 3 aromatic rings. The molecule has 2 amide bonds.